The molecule has 7 aromatic rings. The van der Waals surface area contributed by atoms with Gasteiger partial charge in [-0.3, -0.25) is 4.98 Å². The minimum Gasteiger partial charge on any atom is -0.557 e. The van der Waals surface area contributed by atoms with Crippen LogP contribution in [0.2, 0.25) is 0 Å². The molecule has 3 heterocycles. The molecular weight excluding hydrogens is 755 g/mol. The third-order valence-electron chi connectivity index (χ3n) is 7.97. The number of fused-ring (bicyclic) bond motifs is 2. The Morgan fingerprint density at radius 2 is 1.53 bits per heavy atom. The third-order valence-corrected chi connectivity index (χ3v) is 7.97. The Bertz CT molecular complexity index is 2090. The van der Waals surface area contributed by atoms with Gasteiger partial charge in [0, 0.05) is 46.6 Å². The van der Waals surface area contributed by atoms with Crippen molar-refractivity contribution in [2.24, 2.45) is 5.92 Å². The Kier molecular flexibility index (Phi) is 10.0. The van der Waals surface area contributed by atoms with Gasteiger partial charge >= 0.3 is 0 Å². The zero-order chi connectivity index (χ0) is 34.0. The van der Waals surface area contributed by atoms with Crippen molar-refractivity contribution in [3.8, 4) is 28.3 Å². The first-order valence-electron chi connectivity index (χ1n) is 17.0. The number of benzene rings is 4. The Balaban J connectivity index is 0.000000303. The summed E-state index contributed by atoms with van der Waals surface area (Å²) in [5.41, 5.74) is 9.67. The maximum absolute atomic E-state index is 8.65. The molecule has 3 aromatic heterocycles. The minimum absolute atomic E-state index is 0. The Morgan fingerprint density at radius 1 is 0.809 bits per heavy atom. The molecule has 241 valence electrons. The average molecular weight is 798 g/mol. The summed E-state index contributed by atoms with van der Waals surface area (Å²) in [7, 11) is 0. The van der Waals surface area contributed by atoms with E-state index in [0.717, 1.165) is 44.8 Å². The first-order valence-corrected chi connectivity index (χ1v) is 16.0. The molecule has 0 N–H and O–H groups in total. The number of pyridine rings is 1. The Hall–Kier alpha value is -4.31. The van der Waals surface area contributed by atoms with Crippen LogP contribution in [0.5, 0.6) is 0 Å². The molecule has 7 rings (SSSR count). The quantitative estimate of drug-likeness (QED) is 0.151. The van der Waals surface area contributed by atoms with Crippen LogP contribution in [-0.4, -0.2) is 14.5 Å². The summed E-state index contributed by atoms with van der Waals surface area (Å²) in [4.78, 5) is 9.31. The van der Waals surface area contributed by atoms with Crippen molar-refractivity contribution in [2.45, 2.75) is 59.8 Å². The number of imidazole rings is 1. The maximum Gasteiger partial charge on any atom is 0.0774 e. The minimum atomic E-state index is -1.46. The van der Waals surface area contributed by atoms with Crippen molar-refractivity contribution in [3.05, 3.63) is 138 Å². The second kappa shape index (κ2) is 15.1. The number of hydrogen-bond donors (Lipinski definition) is 0. The summed E-state index contributed by atoms with van der Waals surface area (Å²) in [6, 6.07) is 37.1. The average Bonchev–Trinajstić information content (AvgIpc) is 3.70. The first-order chi connectivity index (χ1) is 23.1. The standard InChI is InChI=1S/C31H33N2O.C11H8N.Ir/c1-19(2)16-22-14-15-29-25(17-22)26(18-34-29)31-32-27-12-7-8-13-28(27)33(31)30-23(20(3)4)10-9-11-24(30)21(5)6;1-2-6-10(7-3-1)11-8-4-5-9-12-11;/h7-15,17,19-21H,16H2,1-6H3;1-6,8-9H;/q2*-1;/i16D2;;. The molecule has 0 saturated heterocycles. The van der Waals surface area contributed by atoms with Crippen LogP contribution in [0.1, 0.15) is 72.8 Å². The fraction of sp³-hybridized carbons (Fsp3) is 0.238. The monoisotopic (exact) mass is 798 g/mol. The summed E-state index contributed by atoms with van der Waals surface area (Å²) in [5, 5.41) is 0.821. The van der Waals surface area contributed by atoms with Crippen molar-refractivity contribution in [1.29, 1.82) is 0 Å². The molecule has 0 saturated carbocycles. The van der Waals surface area contributed by atoms with E-state index in [1.807, 2.05) is 92.7 Å². The van der Waals surface area contributed by atoms with Gasteiger partial charge < -0.3 is 14.0 Å². The van der Waals surface area contributed by atoms with Crippen LogP contribution >= 0.6 is 0 Å². The molecule has 5 heteroatoms. The number of para-hydroxylation sites is 3. The predicted molar refractivity (Wildman–Crippen MR) is 190 cm³/mol. The van der Waals surface area contributed by atoms with Gasteiger partial charge in [0.15, 0.2) is 0 Å². The second-order valence-electron chi connectivity index (χ2n) is 12.4. The zero-order valence-electron chi connectivity index (χ0n) is 29.7. The molecular formula is C42H41IrN3O-2. The number of hydrogen-bond acceptors (Lipinski definition) is 3. The summed E-state index contributed by atoms with van der Waals surface area (Å²) in [6.45, 7) is 12.7. The third kappa shape index (κ3) is 7.32. The van der Waals surface area contributed by atoms with Crippen molar-refractivity contribution in [2.75, 3.05) is 0 Å². The molecule has 0 bridgehead atoms. The molecule has 0 amide bonds. The van der Waals surface area contributed by atoms with Crippen LogP contribution < -0.4 is 0 Å². The number of aromatic nitrogens is 3. The van der Waals surface area contributed by atoms with Crippen LogP contribution in [-0.2, 0) is 26.5 Å². The predicted octanol–water partition coefficient (Wildman–Crippen LogP) is 11.2. The summed E-state index contributed by atoms with van der Waals surface area (Å²) < 4.78 is 25.4. The largest absolute Gasteiger partial charge is 0.557 e. The maximum atomic E-state index is 8.65. The molecule has 0 atom stereocenters. The van der Waals surface area contributed by atoms with E-state index < -0.39 is 6.37 Å². The first kappa shape index (κ1) is 31.3. The van der Waals surface area contributed by atoms with E-state index in [1.165, 1.54) is 11.1 Å². The zero-order valence-corrected chi connectivity index (χ0v) is 30.1. The molecule has 1 radical (unpaired) electrons. The van der Waals surface area contributed by atoms with E-state index in [-0.39, 0.29) is 26.0 Å². The van der Waals surface area contributed by atoms with Crippen LogP contribution in [0, 0.1) is 18.2 Å². The second-order valence-corrected chi connectivity index (χ2v) is 12.4. The van der Waals surface area contributed by atoms with Crippen molar-refractivity contribution >= 4 is 22.0 Å². The van der Waals surface area contributed by atoms with E-state index in [0.29, 0.717) is 23.0 Å². The molecule has 0 aliphatic carbocycles. The molecule has 0 fully saturated rings. The van der Waals surface area contributed by atoms with Crippen LogP contribution in [0.15, 0.2) is 114 Å². The van der Waals surface area contributed by atoms with E-state index in [4.69, 9.17) is 12.1 Å². The van der Waals surface area contributed by atoms with Gasteiger partial charge in [-0.25, -0.2) is 0 Å². The Labute approximate surface area is 295 Å². The van der Waals surface area contributed by atoms with Gasteiger partial charge in [-0.15, -0.1) is 35.9 Å². The SMILES string of the molecule is [2H]C([2H])(c1ccc2o[c-]c(-c3nc4ccccc4n3-c3c(C(C)C)cccc3C(C)C)c2c1)C(C)C.[Ir].[c-]1ccccc1-c1ccccn1. The number of nitrogens with zero attached hydrogens (tertiary/aromatic N) is 3. The molecule has 0 aliphatic rings. The summed E-state index contributed by atoms with van der Waals surface area (Å²) in [6.07, 6.45) is 3.45. The van der Waals surface area contributed by atoms with Crippen LogP contribution in [0.25, 0.3) is 50.3 Å². The number of furan rings is 1. The van der Waals surface area contributed by atoms with Crippen molar-refractivity contribution < 1.29 is 27.3 Å². The van der Waals surface area contributed by atoms with Gasteiger partial charge in [-0.1, -0.05) is 119 Å². The summed E-state index contributed by atoms with van der Waals surface area (Å²) in [5.74, 6) is 1.24. The number of rotatable bonds is 7. The Morgan fingerprint density at radius 3 is 2.19 bits per heavy atom. The van der Waals surface area contributed by atoms with Gasteiger partial charge in [-0.2, -0.15) is 0 Å². The van der Waals surface area contributed by atoms with E-state index in [2.05, 4.69) is 73.8 Å². The molecule has 0 unspecified atom stereocenters. The van der Waals surface area contributed by atoms with Gasteiger partial charge in [-0.05, 0) is 59.1 Å². The smallest absolute Gasteiger partial charge is 0.0774 e. The summed E-state index contributed by atoms with van der Waals surface area (Å²) >= 11 is 0. The normalized spacial score (nSPS) is 12.2. The van der Waals surface area contributed by atoms with Gasteiger partial charge in [0.05, 0.1) is 16.9 Å². The molecule has 4 nitrogen and oxygen atoms in total. The van der Waals surface area contributed by atoms with Crippen molar-refractivity contribution in [3.63, 3.8) is 0 Å². The van der Waals surface area contributed by atoms with Crippen LogP contribution in [0.4, 0.5) is 0 Å². The van der Waals surface area contributed by atoms with Gasteiger partial charge in [0.2, 0.25) is 0 Å². The van der Waals surface area contributed by atoms with E-state index in [1.54, 1.807) is 6.20 Å². The molecule has 4 aromatic carbocycles. The fourth-order valence-corrected chi connectivity index (χ4v) is 5.83. The van der Waals surface area contributed by atoms with Crippen molar-refractivity contribution in [1.82, 2.24) is 14.5 Å². The van der Waals surface area contributed by atoms with E-state index in [9.17, 15) is 0 Å². The van der Waals surface area contributed by atoms with Crippen LogP contribution in [0.3, 0.4) is 0 Å². The van der Waals surface area contributed by atoms with E-state index >= 15 is 0 Å². The molecule has 47 heavy (non-hydrogen) atoms. The molecule has 0 spiro atoms. The van der Waals surface area contributed by atoms with Gasteiger partial charge in [0.25, 0.3) is 0 Å². The topological polar surface area (TPSA) is 43.9 Å². The van der Waals surface area contributed by atoms with Gasteiger partial charge in [0.1, 0.15) is 0 Å². The fourth-order valence-electron chi connectivity index (χ4n) is 5.83. The molecule has 0 aliphatic heterocycles.